The van der Waals surface area contributed by atoms with Crippen molar-refractivity contribution in [2.24, 2.45) is 0 Å². The molecule has 1 fully saturated rings. The van der Waals surface area contributed by atoms with Crippen LogP contribution < -0.4 is 5.32 Å². The second-order valence-corrected chi connectivity index (χ2v) is 2.79. The molecule has 11 heavy (non-hydrogen) atoms. The van der Waals surface area contributed by atoms with Crippen LogP contribution >= 0.6 is 0 Å². The highest BCUT2D eigenvalue weighted by Gasteiger charge is 2.31. The lowest BCUT2D eigenvalue weighted by Crippen LogP contribution is -2.41. The average Bonchev–Trinajstić information content (AvgIpc) is 2.38. The van der Waals surface area contributed by atoms with Crippen LogP contribution in [0.2, 0.25) is 0 Å². The smallest absolute Gasteiger partial charge is 0.103 e. The summed E-state index contributed by atoms with van der Waals surface area (Å²) in [6, 6.07) is 1.95. The van der Waals surface area contributed by atoms with Gasteiger partial charge < -0.3 is 15.2 Å². The summed E-state index contributed by atoms with van der Waals surface area (Å²) in [5, 5.41) is 20.6. The summed E-state index contributed by atoms with van der Waals surface area (Å²) >= 11 is 0. The Kier molecular flexibility index (Phi) is 2.83. The standard InChI is InChI=1S/C7H12N2O2/c8-2-3-9-5-7(10)1-4-11-6-7/h9-10H,1,3-6H2. The van der Waals surface area contributed by atoms with Crippen LogP contribution in [0.25, 0.3) is 0 Å². The van der Waals surface area contributed by atoms with E-state index in [0.717, 1.165) is 0 Å². The van der Waals surface area contributed by atoms with E-state index in [1.807, 2.05) is 6.07 Å². The van der Waals surface area contributed by atoms with Gasteiger partial charge in [0, 0.05) is 19.6 Å². The van der Waals surface area contributed by atoms with E-state index in [0.29, 0.717) is 26.2 Å². The summed E-state index contributed by atoms with van der Waals surface area (Å²) in [5.41, 5.74) is -0.739. The van der Waals surface area contributed by atoms with Crippen molar-refractivity contribution in [3.8, 4) is 6.07 Å². The molecule has 1 unspecified atom stereocenters. The Morgan fingerprint density at radius 3 is 3.09 bits per heavy atom. The molecular formula is C7H12N2O2. The maximum atomic E-state index is 9.62. The first-order valence-corrected chi connectivity index (χ1v) is 3.65. The summed E-state index contributed by atoms with van der Waals surface area (Å²) < 4.78 is 5.02. The van der Waals surface area contributed by atoms with Gasteiger partial charge in [-0.25, -0.2) is 0 Å². The zero-order valence-electron chi connectivity index (χ0n) is 6.34. The van der Waals surface area contributed by atoms with E-state index in [4.69, 9.17) is 10.00 Å². The molecule has 1 saturated heterocycles. The molecule has 1 heterocycles. The van der Waals surface area contributed by atoms with Crippen molar-refractivity contribution >= 4 is 0 Å². The minimum Gasteiger partial charge on any atom is -0.386 e. The van der Waals surface area contributed by atoms with Crippen molar-refractivity contribution in [3.63, 3.8) is 0 Å². The van der Waals surface area contributed by atoms with E-state index >= 15 is 0 Å². The monoisotopic (exact) mass is 156 g/mol. The number of nitrogens with one attached hydrogen (secondary N) is 1. The third-order valence-electron chi connectivity index (χ3n) is 1.74. The third kappa shape index (κ3) is 2.46. The van der Waals surface area contributed by atoms with E-state index in [2.05, 4.69) is 5.32 Å². The maximum Gasteiger partial charge on any atom is 0.103 e. The fraction of sp³-hybridized carbons (Fsp3) is 0.857. The molecule has 0 amide bonds. The predicted molar refractivity (Wildman–Crippen MR) is 38.9 cm³/mol. The molecule has 1 aliphatic rings. The predicted octanol–water partition coefficient (Wildman–Crippen LogP) is -0.749. The molecule has 4 heteroatoms. The zero-order chi connectivity index (χ0) is 8.16. The number of nitrogens with zero attached hydrogens (tertiary/aromatic N) is 1. The van der Waals surface area contributed by atoms with Crippen LogP contribution in [-0.4, -0.2) is 37.0 Å². The van der Waals surface area contributed by atoms with Gasteiger partial charge in [0.25, 0.3) is 0 Å². The van der Waals surface area contributed by atoms with Gasteiger partial charge in [0.2, 0.25) is 0 Å². The minimum absolute atomic E-state index is 0.280. The summed E-state index contributed by atoms with van der Waals surface area (Å²) in [4.78, 5) is 0. The van der Waals surface area contributed by atoms with Gasteiger partial charge in [-0.15, -0.1) is 0 Å². The molecule has 1 aliphatic heterocycles. The fourth-order valence-corrected chi connectivity index (χ4v) is 1.09. The summed E-state index contributed by atoms with van der Waals surface area (Å²) in [6.45, 7) is 1.72. The summed E-state index contributed by atoms with van der Waals surface area (Å²) in [5.74, 6) is 0. The van der Waals surface area contributed by atoms with Crippen LogP contribution in [0.3, 0.4) is 0 Å². The molecule has 62 valence electrons. The number of nitriles is 1. The largest absolute Gasteiger partial charge is 0.386 e. The Balaban J connectivity index is 2.19. The molecule has 1 rings (SSSR count). The van der Waals surface area contributed by atoms with E-state index in [1.54, 1.807) is 0 Å². The Morgan fingerprint density at radius 2 is 2.55 bits per heavy atom. The number of ether oxygens (including phenoxy) is 1. The van der Waals surface area contributed by atoms with Gasteiger partial charge in [-0.05, 0) is 0 Å². The first-order valence-electron chi connectivity index (χ1n) is 3.65. The molecular weight excluding hydrogens is 144 g/mol. The minimum atomic E-state index is -0.739. The normalized spacial score (nSPS) is 30.2. The molecule has 0 saturated carbocycles. The lowest BCUT2D eigenvalue weighted by Gasteiger charge is -2.19. The van der Waals surface area contributed by atoms with E-state index < -0.39 is 5.60 Å². The van der Waals surface area contributed by atoms with Crippen LogP contribution in [0.5, 0.6) is 0 Å². The Morgan fingerprint density at radius 1 is 1.73 bits per heavy atom. The van der Waals surface area contributed by atoms with Crippen LogP contribution in [0.1, 0.15) is 6.42 Å². The first-order chi connectivity index (χ1) is 5.27. The highest BCUT2D eigenvalue weighted by molar-refractivity contribution is 4.86. The van der Waals surface area contributed by atoms with E-state index in [-0.39, 0.29) is 6.54 Å². The molecule has 0 radical (unpaired) electrons. The van der Waals surface area contributed by atoms with Crippen molar-refractivity contribution in [3.05, 3.63) is 0 Å². The molecule has 0 aromatic carbocycles. The second-order valence-electron chi connectivity index (χ2n) is 2.79. The van der Waals surface area contributed by atoms with Crippen LogP contribution in [0.15, 0.2) is 0 Å². The van der Waals surface area contributed by atoms with Gasteiger partial charge in [0.05, 0.1) is 19.2 Å². The van der Waals surface area contributed by atoms with Crippen molar-refractivity contribution in [2.75, 3.05) is 26.3 Å². The van der Waals surface area contributed by atoms with Crippen molar-refractivity contribution in [1.82, 2.24) is 5.32 Å². The SMILES string of the molecule is N#CCNCC1(O)CCOC1. The average molecular weight is 156 g/mol. The van der Waals surface area contributed by atoms with Gasteiger partial charge in [0.15, 0.2) is 0 Å². The lowest BCUT2D eigenvalue weighted by atomic mass is 10.0. The molecule has 0 bridgehead atoms. The molecule has 4 nitrogen and oxygen atoms in total. The van der Waals surface area contributed by atoms with Gasteiger partial charge in [0.1, 0.15) is 5.60 Å². The molecule has 0 aromatic heterocycles. The van der Waals surface area contributed by atoms with Gasteiger partial charge in [-0.2, -0.15) is 5.26 Å². The molecule has 0 spiro atoms. The first kappa shape index (κ1) is 8.47. The maximum absolute atomic E-state index is 9.62. The second kappa shape index (κ2) is 3.67. The number of rotatable bonds is 3. The topological polar surface area (TPSA) is 65.3 Å². The van der Waals surface area contributed by atoms with Crippen molar-refractivity contribution < 1.29 is 9.84 Å². The molecule has 0 aliphatic carbocycles. The quantitative estimate of drug-likeness (QED) is 0.417. The van der Waals surface area contributed by atoms with Crippen molar-refractivity contribution in [2.45, 2.75) is 12.0 Å². The van der Waals surface area contributed by atoms with Gasteiger partial charge >= 0.3 is 0 Å². The lowest BCUT2D eigenvalue weighted by molar-refractivity contribution is 0.0280. The van der Waals surface area contributed by atoms with Crippen LogP contribution in [0.4, 0.5) is 0 Å². The fourth-order valence-electron chi connectivity index (χ4n) is 1.09. The third-order valence-corrected chi connectivity index (χ3v) is 1.74. The number of hydrogen-bond acceptors (Lipinski definition) is 4. The van der Waals surface area contributed by atoms with Gasteiger partial charge in [-0.1, -0.05) is 0 Å². The van der Waals surface area contributed by atoms with Crippen molar-refractivity contribution in [1.29, 1.82) is 5.26 Å². The highest BCUT2D eigenvalue weighted by Crippen LogP contribution is 2.16. The Hall–Kier alpha value is -0.630. The zero-order valence-corrected chi connectivity index (χ0v) is 6.34. The van der Waals surface area contributed by atoms with Crippen LogP contribution in [0, 0.1) is 11.3 Å². The van der Waals surface area contributed by atoms with E-state index in [9.17, 15) is 5.11 Å². The van der Waals surface area contributed by atoms with Gasteiger partial charge in [-0.3, -0.25) is 0 Å². The Labute approximate surface area is 65.8 Å². The highest BCUT2D eigenvalue weighted by atomic mass is 16.5. The summed E-state index contributed by atoms with van der Waals surface area (Å²) in [7, 11) is 0. The Bertz CT molecular complexity index is 158. The summed E-state index contributed by atoms with van der Waals surface area (Å²) in [6.07, 6.45) is 0.658. The van der Waals surface area contributed by atoms with Crippen LogP contribution in [-0.2, 0) is 4.74 Å². The molecule has 1 atom stereocenters. The number of aliphatic hydroxyl groups is 1. The molecule has 0 aromatic rings. The number of hydrogen-bond donors (Lipinski definition) is 2. The van der Waals surface area contributed by atoms with E-state index in [1.165, 1.54) is 0 Å². The molecule has 2 N–H and O–H groups in total.